The number of rotatable bonds is 2. The largest absolute Gasteiger partial charge is 0.507 e. The molecule has 0 saturated carbocycles. The number of hydrogen-bond acceptors (Lipinski definition) is 4. The molecule has 0 aliphatic carbocycles. The fraction of sp³-hybridized carbons (Fsp3) is 0.200. The van der Waals surface area contributed by atoms with Gasteiger partial charge in [0.05, 0.1) is 11.5 Å². The molecular formula is C10H10O2S2. The SMILES string of the molecule is CSc1c(O)ccc2scc(CO)c12. The Morgan fingerprint density at radius 1 is 1.43 bits per heavy atom. The van der Waals surface area contributed by atoms with E-state index in [4.69, 9.17) is 5.11 Å². The van der Waals surface area contributed by atoms with Crippen LogP contribution in [0.25, 0.3) is 10.1 Å². The average molecular weight is 226 g/mol. The monoisotopic (exact) mass is 226 g/mol. The second-order valence-electron chi connectivity index (χ2n) is 2.91. The Kier molecular flexibility index (Phi) is 2.67. The molecule has 0 unspecified atom stereocenters. The Morgan fingerprint density at radius 3 is 2.86 bits per heavy atom. The van der Waals surface area contributed by atoms with E-state index in [1.165, 1.54) is 11.8 Å². The number of benzene rings is 1. The summed E-state index contributed by atoms with van der Waals surface area (Å²) >= 11 is 3.10. The van der Waals surface area contributed by atoms with Crippen molar-refractivity contribution in [1.82, 2.24) is 0 Å². The maximum Gasteiger partial charge on any atom is 0.129 e. The summed E-state index contributed by atoms with van der Waals surface area (Å²) in [6, 6.07) is 3.58. The van der Waals surface area contributed by atoms with Gasteiger partial charge in [0, 0.05) is 10.1 Å². The number of fused-ring (bicyclic) bond motifs is 1. The lowest BCUT2D eigenvalue weighted by Gasteiger charge is -2.04. The van der Waals surface area contributed by atoms with E-state index in [0.29, 0.717) is 0 Å². The first-order valence-electron chi connectivity index (χ1n) is 4.14. The first-order chi connectivity index (χ1) is 6.77. The van der Waals surface area contributed by atoms with E-state index in [9.17, 15) is 5.11 Å². The van der Waals surface area contributed by atoms with Crippen LogP contribution in [0.5, 0.6) is 5.75 Å². The van der Waals surface area contributed by atoms with Gasteiger partial charge in [-0.25, -0.2) is 0 Å². The van der Waals surface area contributed by atoms with Crippen molar-refractivity contribution in [2.45, 2.75) is 11.5 Å². The molecule has 1 heterocycles. The molecule has 0 amide bonds. The Bertz CT molecular complexity index is 462. The minimum atomic E-state index is 0.0248. The molecule has 0 atom stereocenters. The molecule has 0 aliphatic heterocycles. The minimum absolute atomic E-state index is 0.0248. The predicted molar refractivity (Wildman–Crippen MR) is 61.2 cm³/mol. The molecule has 2 N–H and O–H groups in total. The third kappa shape index (κ3) is 1.39. The highest BCUT2D eigenvalue weighted by atomic mass is 32.2. The van der Waals surface area contributed by atoms with Gasteiger partial charge in [0.25, 0.3) is 0 Å². The van der Waals surface area contributed by atoms with E-state index < -0.39 is 0 Å². The first kappa shape index (κ1) is 9.83. The average Bonchev–Trinajstić information content (AvgIpc) is 2.61. The molecule has 2 aromatic rings. The summed E-state index contributed by atoms with van der Waals surface area (Å²) in [5, 5.41) is 21.7. The third-order valence-corrected chi connectivity index (χ3v) is 3.94. The zero-order chi connectivity index (χ0) is 10.1. The molecule has 1 aromatic carbocycles. The van der Waals surface area contributed by atoms with E-state index >= 15 is 0 Å². The van der Waals surface area contributed by atoms with Crippen LogP contribution in [-0.4, -0.2) is 16.5 Å². The number of aliphatic hydroxyl groups excluding tert-OH is 1. The Labute approximate surface area is 90.2 Å². The maximum atomic E-state index is 9.65. The molecule has 0 radical (unpaired) electrons. The minimum Gasteiger partial charge on any atom is -0.507 e. The summed E-state index contributed by atoms with van der Waals surface area (Å²) < 4.78 is 1.11. The highest BCUT2D eigenvalue weighted by molar-refractivity contribution is 7.99. The quantitative estimate of drug-likeness (QED) is 0.774. The second kappa shape index (κ2) is 3.81. The second-order valence-corrected chi connectivity index (χ2v) is 4.64. The summed E-state index contributed by atoms with van der Waals surface area (Å²) in [6.45, 7) is 0.0248. The van der Waals surface area contributed by atoms with Crippen molar-refractivity contribution in [3.63, 3.8) is 0 Å². The van der Waals surface area contributed by atoms with Crippen LogP contribution in [0.2, 0.25) is 0 Å². The van der Waals surface area contributed by atoms with Crippen LogP contribution in [0.4, 0.5) is 0 Å². The zero-order valence-electron chi connectivity index (χ0n) is 7.65. The molecule has 0 aliphatic rings. The number of phenolic OH excluding ortho intramolecular Hbond substituents is 1. The van der Waals surface area contributed by atoms with Crippen LogP contribution in [0.3, 0.4) is 0 Å². The number of phenols is 1. The molecule has 4 heteroatoms. The van der Waals surface area contributed by atoms with Gasteiger partial charge in [0.2, 0.25) is 0 Å². The van der Waals surface area contributed by atoms with Gasteiger partial charge in [-0.1, -0.05) is 0 Å². The van der Waals surface area contributed by atoms with Crippen LogP contribution in [0.15, 0.2) is 22.4 Å². The lowest BCUT2D eigenvalue weighted by molar-refractivity contribution is 0.283. The summed E-state index contributed by atoms with van der Waals surface area (Å²) in [6.07, 6.45) is 1.92. The predicted octanol–water partition coefficient (Wildman–Crippen LogP) is 2.82. The maximum absolute atomic E-state index is 9.65. The van der Waals surface area contributed by atoms with Gasteiger partial charge in [-0.3, -0.25) is 0 Å². The van der Waals surface area contributed by atoms with Gasteiger partial charge in [-0.05, 0) is 29.3 Å². The fourth-order valence-electron chi connectivity index (χ4n) is 1.47. The standard InChI is InChI=1S/C10H10O2S2/c1-13-10-7(12)2-3-8-9(10)6(4-11)5-14-8/h2-3,5,11-12H,4H2,1H3. The van der Waals surface area contributed by atoms with E-state index in [-0.39, 0.29) is 12.4 Å². The van der Waals surface area contributed by atoms with Crippen LogP contribution in [0.1, 0.15) is 5.56 Å². The molecule has 0 spiro atoms. The number of aromatic hydroxyl groups is 1. The van der Waals surface area contributed by atoms with E-state index in [1.807, 2.05) is 17.7 Å². The number of hydrogen-bond donors (Lipinski definition) is 2. The van der Waals surface area contributed by atoms with Gasteiger partial charge >= 0.3 is 0 Å². The smallest absolute Gasteiger partial charge is 0.129 e. The summed E-state index contributed by atoms with van der Waals surface area (Å²) in [5.41, 5.74) is 0.894. The highest BCUT2D eigenvalue weighted by Gasteiger charge is 2.11. The van der Waals surface area contributed by atoms with Crippen molar-refractivity contribution in [2.75, 3.05) is 6.26 Å². The van der Waals surface area contributed by atoms with Crippen molar-refractivity contribution in [1.29, 1.82) is 0 Å². The van der Waals surface area contributed by atoms with Crippen LogP contribution >= 0.6 is 23.1 Å². The molecule has 14 heavy (non-hydrogen) atoms. The molecule has 2 nitrogen and oxygen atoms in total. The van der Waals surface area contributed by atoms with Crippen LogP contribution < -0.4 is 0 Å². The Morgan fingerprint density at radius 2 is 2.21 bits per heavy atom. The van der Waals surface area contributed by atoms with Crippen molar-refractivity contribution in [3.8, 4) is 5.75 Å². The van der Waals surface area contributed by atoms with Gasteiger partial charge in [0.1, 0.15) is 5.75 Å². The van der Waals surface area contributed by atoms with Crippen LogP contribution in [-0.2, 0) is 6.61 Å². The van der Waals surface area contributed by atoms with Gasteiger partial charge < -0.3 is 10.2 Å². The normalized spacial score (nSPS) is 11.0. The van der Waals surface area contributed by atoms with Gasteiger partial charge in [-0.15, -0.1) is 23.1 Å². The number of aliphatic hydroxyl groups is 1. The molecular weight excluding hydrogens is 216 g/mol. The van der Waals surface area contributed by atoms with Crippen molar-refractivity contribution < 1.29 is 10.2 Å². The molecule has 2 rings (SSSR count). The van der Waals surface area contributed by atoms with Gasteiger partial charge in [0.15, 0.2) is 0 Å². The lowest BCUT2D eigenvalue weighted by atomic mass is 10.2. The number of thioether (sulfide) groups is 1. The topological polar surface area (TPSA) is 40.5 Å². The molecule has 0 fully saturated rings. The Balaban J connectivity index is 2.81. The molecule has 0 bridgehead atoms. The van der Waals surface area contributed by atoms with E-state index in [0.717, 1.165) is 20.5 Å². The summed E-state index contributed by atoms with van der Waals surface area (Å²) in [5.74, 6) is 0.290. The van der Waals surface area contributed by atoms with Crippen molar-refractivity contribution in [3.05, 3.63) is 23.1 Å². The third-order valence-electron chi connectivity index (χ3n) is 2.12. The molecule has 74 valence electrons. The summed E-state index contributed by atoms with van der Waals surface area (Å²) in [4.78, 5) is 0.854. The number of thiophene rings is 1. The van der Waals surface area contributed by atoms with Crippen LogP contribution in [0, 0.1) is 0 Å². The summed E-state index contributed by atoms with van der Waals surface area (Å²) in [7, 11) is 0. The van der Waals surface area contributed by atoms with Crippen molar-refractivity contribution >= 4 is 33.2 Å². The van der Waals surface area contributed by atoms with Gasteiger partial charge in [-0.2, -0.15) is 0 Å². The highest BCUT2D eigenvalue weighted by Crippen LogP contribution is 2.39. The molecule has 0 saturated heterocycles. The fourth-order valence-corrected chi connectivity index (χ4v) is 3.22. The zero-order valence-corrected chi connectivity index (χ0v) is 9.28. The van der Waals surface area contributed by atoms with E-state index in [2.05, 4.69) is 0 Å². The lowest BCUT2D eigenvalue weighted by Crippen LogP contribution is -1.82. The first-order valence-corrected chi connectivity index (χ1v) is 6.25. The molecule has 1 aromatic heterocycles. The van der Waals surface area contributed by atoms with Crippen molar-refractivity contribution in [2.24, 2.45) is 0 Å². The Hall–Kier alpha value is -0.710. The van der Waals surface area contributed by atoms with E-state index in [1.54, 1.807) is 17.4 Å².